The highest BCUT2D eigenvalue weighted by Crippen LogP contribution is 2.44. The normalized spacial score (nSPS) is 13.9. The Morgan fingerprint density at radius 2 is 1.69 bits per heavy atom. The zero-order valence-corrected chi connectivity index (χ0v) is 19.6. The van der Waals surface area contributed by atoms with Crippen LogP contribution in [0.5, 0.6) is 0 Å². The fraction of sp³-hybridized carbons (Fsp3) is 0.308. The van der Waals surface area contributed by atoms with Crippen LogP contribution in [0.1, 0.15) is 41.4 Å². The number of carbonyl (C=O) groups is 3. The molecule has 1 heterocycles. The first-order valence-corrected chi connectivity index (χ1v) is 11.5. The molecule has 0 saturated carbocycles. The fourth-order valence-electron chi connectivity index (χ4n) is 4.24. The zero-order chi connectivity index (χ0) is 24.9. The average molecular weight is 477 g/mol. The van der Waals surface area contributed by atoms with Crippen molar-refractivity contribution in [3.63, 3.8) is 0 Å². The summed E-state index contributed by atoms with van der Waals surface area (Å²) in [7, 11) is 0. The van der Waals surface area contributed by atoms with Gasteiger partial charge < -0.3 is 25.0 Å². The van der Waals surface area contributed by atoms with Crippen LogP contribution in [0.4, 0.5) is 4.79 Å². The van der Waals surface area contributed by atoms with Crippen molar-refractivity contribution < 1.29 is 24.2 Å². The number of imidazole rings is 1. The summed E-state index contributed by atoms with van der Waals surface area (Å²) in [5, 5.41) is 14.5. The molecule has 35 heavy (non-hydrogen) atoms. The Hall–Kier alpha value is -4.14. The van der Waals surface area contributed by atoms with Crippen LogP contribution in [0.3, 0.4) is 0 Å². The maximum absolute atomic E-state index is 12.5. The number of carboxylic acid groups (broad SMARTS) is 1. The number of alkyl carbamates (subject to hydrolysis) is 1. The van der Waals surface area contributed by atoms with E-state index in [1.54, 1.807) is 18.4 Å². The maximum Gasteiger partial charge on any atom is 0.407 e. The van der Waals surface area contributed by atoms with Gasteiger partial charge in [-0.15, -0.1) is 0 Å². The molecule has 2 atom stereocenters. The molecule has 2 amide bonds. The molecule has 2 unspecified atom stereocenters. The summed E-state index contributed by atoms with van der Waals surface area (Å²) in [5.41, 5.74) is 4.54. The summed E-state index contributed by atoms with van der Waals surface area (Å²) in [6, 6.07) is 15.8. The Balaban J connectivity index is 1.25. The minimum Gasteiger partial charge on any atom is -0.476 e. The largest absolute Gasteiger partial charge is 0.476 e. The molecule has 1 aliphatic carbocycles. The third-order valence-corrected chi connectivity index (χ3v) is 6.37. The van der Waals surface area contributed by atoms with Crippen LogP contribution in [0.25, 0.3) is 11.1 Å². The van der Waals surface area contributed by atoms with E-state index in [1.165, 1.54) is 12.5 Å². The molecule has 9 nitrogen and oxygen atoms in total. The molecule has 1 aliphatic rings. The number of nitrogens with one attached hydrogen (secondary N) is 2. The zero-order valence-electron chi connectivity index (χ0n) is 19.6. The van der Waals surface area contributed by atoms with Crippen LogP contribution >= 0.6 is 0 Å². The monoisotopic (exact) mass is 476 g/mol. The third kappa shape index (κ3) is 5.34. The van der Waals surface area contributed by atoms with E-state index in [2.05, 4.69) is 39.9 Å². The first-order chi connectivity index (χ1) is 16.8. The van der Waals surface area contributed by atoms with Crippen molar-refractivity contribution in [2.45, 2.75) is 32.4 Å². The summed E-state index contributed by atoms with van der Waals surface area (Å²) in [4.78, 5) is 39.6. The van der Waals surface area contributed by atoms with Crippen molar-refractivity contribution >= 4 is 18.0 Å². The number of carbonyl (C=O) groups excluding carboxylic acids is 2. The first-order valence-electron chi connectivity index (χ1n) is 11.5. The van der Waals surface area contributed by atoms with Crippen LogP contribution in [0.15, 0.2) is 61.1 Å². The number of fused-ring (bicyclic) bond motifs is 3. The number of hydrogen-bond donors (Lipinski definition) is 3. The lowest BCUT2D eigenvalue weighted by atomic mass is 9.98. The number of aromatic carboxylic acids is 1. The topological polar surface area (TPSA) is 123 Å². The predicted molar refractivity (Wildman–Crippen MR) is 129 cm³/mol. The Morgan fingerprint density at radius 1 is 1.06 bits per heavy atom. The highest BCUT2D eigenvalue weighted by atomic mass is 16.5. The van der Waals surface area contributed by atoms with Crippen LogP contribution in [-0.2, 0) is 16.1 Å². The molecular weight excluding hydrogens is 448 g/mol. The Bertz CT molecular complexity index is 1190. The summed E-state index contributed by atoms with van der Waals surface area (Å²) in [6.07, 6.45) is 2.23. The molecule has 0 fully saturated rings. The molecule has 1 aromatic heterocycles. The second kappa shape index (κ2) is 10.4. The molecule has 2 aromatic carbocycles. The molecule has 0 spiro atoms. The van der Waals surface area contributed by atoms with Gasteiger partial charge in [0.2, 0.25) is 5.91 Å². The Morgan fingerprint density at radius 3 is 2.29 bits per heavy atom. The van der Waals surface area contributed by atoms with Crippen molar-refractivity contribution in [2.24, 2.45) is 5.92 Å². The molecule has 182 valence electrons. The maximum atomic E-state index is 12.5. The highest BCUT2D eigenvalue weighted by molar-refractivity contribution is 5.85. The average Bonchev–Trinajstić information content (AvgIpc) is 3.45. The minimum absolute atomic E-state index is 0.0333. The van der Waals surface area contributed by atoms with E-state index in [4.69, 9.17) is 9.84 Å². The van der Waals surface area contributed by atoms with Gasteiger partial charge in [-0.2, -0.15) is 0 Å². The van der Waals surface area contributed by atoms with Gasteiger partial charge in [0.05, 0.1) is 12.2 Å². The van der Waals surface area contributed by atoms with Gasteiger partial charge in [-0.1, -0.05) is 55.5 Å². The van der Waals surface area contributed by atoms with Gasteiger partial charge in [0, 0.05) is 31.2 Å². The Kier molecular flexibility index (Phi) is 7.14. The summed E-state index contributed by atoms with van der Waals surface area (Å²) in [5.74, 6) is -1.86. The number of rotatable bonds is 9. The van der Waals surface area contributed by atoms with Crippen LogP contribution in [-0.4, -0.2) is 51.8 Å². The number of hydrogen-bond acceptors (Lipinski definition) is 5. The van der Waals surface area contributed by atoms with Crippen molar-refractivity contribution in [1.82, 2.24) is 20.2 Å². The van der Waals surface area contributed by atoms with E-state index in [1.807, 2.05) is 24.3 Å². The van der Waals surface area contributed by atoms with Gasteiger partial charge in [0.25, 0.3) is 0 Å². The van der Waals surface area contributed by atoms with Crippen molar-refractivity contribution in [1.29, 1.82) is 0 Å². The molecule has 3 N–H and O–H groups in total. The molecule has 3 aromatic rings. The molecule has 0 radical (unpaired) electrons. The summed E-state index contributed by atoms with van der Waals surface area (Å²) >= 11 is 0. The number of aromatic nitrogens is 2. The quantitative estimate of drug-likeness (QED) is 0.436. The minimum atomic E-state index is -1.10. The standard InChI is InChI=1S/C26H28N4O5/c1-16(24(31)27-11-12-30-13-23(25(32)33)28-15-30)17(2)29-26(34)35-14-22-20-9-5-3-7-18(20)19-8-4-6-10-21(19)22/h3-10,13,15-17,22H,11-12,14H2,1-2H3,(H,27,31)(H,29,34)(H,32,33). The van der Waals surface area contributed by atoms with Crippen LogP contribution in [0, 0.1) is 5.92 Å². The van der Waals surface area contributed by atoms with Gasteiger partial charge in [-0.05, 0) is 29.2 Å². The molecule has 4 rings (SSSR count). The highest BCUT2D eigenvalue weighted by Gasteiger charge is 2.29. The molecule has 0 bridgehead atoms. The van der Waals surface area contributed by atoms with Crippen LogP contribution in [0.2, 0.25) is 0 Å². The number of ether oxygens (including phenoxy) is 1. The van der Waals surface area contributed by atoms with Gasteiger partial charge in [-0.25, -0.2) is 14.6 Å². The predicted octanol–water partition coefficient (Wildman–Crippen LogP) is 3.26. The lowest BCUT2D eigenvalue weighted by Crippen LogP contribution is -2.44. The summed E-state index contributed by atoms with van der Waals surface area (Å²) in [6.45, 7) is 4.36. The SMILES string of the molecule is CC(NC(=O)OCC1c2ccccc2-c2ccccc21)C(C)C(=O)NCCn1cnc(C(=O)O)c1. The number of amides is 2. The molecule has 9 heteroatoms. The van der Waals surface area contributed by atoms with Crippen molar-refractivity contribution in [3.05, 3.63) is 77.9 Å². The summed E-state index contributed by atoms with van der Waals surface area (Å²) < 4.78 is 7.15. The van der Waals surface area contributed by atoms with Gasteiger partial charge in [-0.3, -0.25) is 4.79 Å². The van der Waals surface area contributed by atoms with E-state index < -0.39 is 24.0 Å². The van der Waals surface area contributed by atoms with Gasteiger partial charge >= 0.3 is 12.1 Å². The van der Waals surface area contributed by atoms with E-state index >= 15 is 0 Å². The molecule has 0 aliphatic heterocycles. The number of carboxylic acids is 1. The van der Waals surface area contributed by atoms with Crippen LogP contribution < -0.4 is 10.6 Å². The number of benzene rings is 2. The molecule has 0 saturated heterocycles. The second-order valence-electron chi connectivity index (χ2n) is 8.64. The smallest absolute Gasteiger partial charge is 0.407 e. The molecular formula is C26H28N4O5. The fourth-order valence-corrected chi connectivity index (χ4v) is 4.24. The first kappa shape index (κ1) is 24.0. The number of nitrogens with zero attached hydrogens (tertiary/aromatic N) is 2. The Labute approximate surface area is 203 Å². The van der Waals surface area contributed by atoms with E-state index in [-0.39, 0.29) is 24.1 Å². The third-order valence-electron chi connectivity index (χ3n) is 6.37. The van der Waals surface area contributed by atoms with Crippen molar-refractivity contribution in [2.75, 3.05) is 13.2 Å². The lowest BCUT2D eigenvalue weighted by molar-refractivity contribution is -0.125. The van der Waals surface area contributed by atoms with E-state index in [9.17, 15) is 14.4 Å². The second-order valence-corrected chi connectivity index (χ2v) is 8.64. The van der Waals surface area contributed by atoms with Gasteiger partial charge in [0.15, 0.2) is 5.69 Å². The lowest BCUT2D eigenvalue weighted by Gasteiger charge is -2.21. The van der Waals surface area contributed by atoms with E-state index in [0.29, 0.717) is 13.1 Å². The van der Waals surface area contributed by atoms with E-state index in [0.717, 1.165) is 22.3 Å². The van der Waals surface area contributed by atoms with Crippen molar-refractivity contribution in [3.8, 4) is 11.1 Å². The van der Waals surface area contributed by atoms with Gasteiger partial charge in [0.1, 0.15) is 6.61 Å².